The predicted molar refractivity (Wildman–Crippen MR) is 166 cm³/mol. The number of fused-ring (bicyclic) bond motifs is 1. The fourth-order valence-electron chi connectivity index (χ4n) is 6.05. The second kappa shape index (κ2) is 14.3. The van der Waals surface area contributed by atoms with Crippen LogP contribution in [0.4, 0.5) is 5.00 Å². The van der Waals surface area contributed by atoms with Gasteiger partial charge < -0.3 is 10.2 Å². The van der Waals surface area contributed by atoms with Crippen LogP contribution in [0, 0.1) is 0 Å². The molecule has 2 aromatic rings. The van der Waals surface area contributed by atoms with E-state index >= 15 is 0 Å². The summed E-state index contributed by atoms with van der Waals surface area (Å²) in [7, 11) is -1.98. The highest BCUT2D eigenvalue weighted by Crippen LogP contribution is 2.38. The van der Waals surface area contributed by atoms with E-state index in [-0.39, 0.29) is 22.8 Å². The third-order valence-corrected chi connectivity index (χ3v) is 11.3. The molecule has 226 valence electrons. The number of anilines is 1. The van der Waals surface area contributed by atoms with Crippen molar-refractivity contribution < 1.29 is 18.0 Å². The fourth-order valence-corrected chi connectivity index (χ4v) is 8.74. The summed E-state index contributed by atoms with van der Waals surface area (Å²) < 4.78 is 28.0. The molecule has 1 aromatic heterocycles. The molecule has 1 saturated carbocycles. The van der Waals surface area contributed by atoms with Crippen LogP contribution in [0.5, 0.6) is 0 Å². The number of thiophene rings is 1. The molecule has 2 aliphatic rings. The molecule has 0 radical (unpaired) electrons. The van der Waals surface area contributed by atoms with E-state index in [0.29, 0.717) is 29.2 Å². The Morgan fingerprint density at radius 1 is 1.00 bits per heavy atom. The number of nitrogens with zero attached hydrogens (tertiary/aromatic N) is 3. The lowest BCUT2D eigenvalue weighted by molar-refractivity contribution is 0.0755. The van der Waals surface area contributed by atoms with Gasteiger partial charge in [0.05, 0.1) is 10.5 Å². The Morgan fingerprint density at radius 2 is 1.66 bits per heavy atom. The van der Waals surface area contributed by atoms with Crippen LogP contribution in [-0.4, -0.2) is 73.6 Å². The highest BCUT2D eigenvalue weighted by molar-refractivity contribution is 7.89. The average Bonchev–Trinajstić information content (AvgIpc) is 3.33. The van der Waals surface area contributed by atoms with Crippen LogP contribution in [0.15, 0.2) is 29.2 Å². The van der Waals surface area contributed by atoms with Gasteiger partial charge in [-0.05, 0) is 74.9 Å². The first-order valence-electron chi connectivity index (χ1n) is 15.3. The van der Waals surface area contributed by atoms with Crippen LogP contribution >= 0.6 is 11.3 Å². The van der Waals surface area contributed by atoms with Crippen LogP contribution in [0.2, 0.25) is 0 Å². The molecule has 0 saturated heterocycles. The van der Waals surface area contributed by atoms with Crippen LogP contribution in [0.3, 0.4) is 0 Å². The molecule has 1 aliphatic carbocycles. The lowest BCUT2D eigenvalue weighted by Crippen LogP contribution is -2.38. The van der Waals surface area contributed by atoms with Gasteiger partial charge in [-0.1, -0.05) is 40.0 Å². The molecular weight excluding hydrogens is 556 g/mol. The average molecular weight is 603 g/mol. The molecule has 0 unspecified atom stereocenters. The van der Waals surface area contributed by atoms with Crippen LogP contribution in [0.25, 0.3) is 0 Å². The number of sulfonamides is 1. The molecule has 10 heteroatoms. The summed E-state index contributed by atoms with van der Waals surface area (Å²) >= 11 is 1.50. The second-order valence-corrected chi connectivity index (χ2v) is 14.4. The van der Waals surface area contributed by atoms with Crippen molar-refractivity contribution in [2.24, 2.45) is 0 Å². The van der Waals surface area contributed by atoms with Crippen LogP contribution in [0.1, 0.15) is 103 Å². The van der Waals surface area contributed by atoms with E-state index in [1.165, 1.54) is 27.8 Å². The van der Waals surface area contributed by atoms with Gasteiger partial charge in [0.15, 0.2) is 0 Å². The van der Waals surface area contributed by atoms with Gasteiger partial charge in [-0.2, -0.15) is 4.31 Å². The van der Waals surface area contributed by atoms with Crippen molar-refractivity contribution in [3.63, 3.8) is 0 Å². The van der Waals surface area contributed by atoms with Gasteiger partial charge >= 0.3 is 0 Å². The van der Waals surface area contributed by atoms with Gasteiger partial charge in [0.2, 0.25) is 10.0 Å². The summed E-state index contributed by atoms with van der Waals surface area (Å²) in [6.07, 6.45) is 8.61. The Kier molecular flexibility index (Phi) is 11.0. The largest absolute Gasteiger partial charge is 0.339 e. The highest BCUT2D eigenvalue weighted by atomic mass is 32.2. The molecule has 4 rings (SSSR count). The van der Waals surface area contributed by atoms with Crippen molar-refractivity contribution in [3.05, 3.63) is 45.8 Å². The Morgan fingerprint density at radius 3 is 2.27 bits per heavy atom. The third-order valence-electron chi connectivity index (χ3n) is 8.27. The summed E-state index contributed by atoms with van der Waals surface area (Å²) in [5.41, 5.74) is 2.05. The minimum absolute atomic E-state index is 0.0161. The van der Waals surface area contributed by atoms with Gasteiger partial charge in [-0.3, -0.25) is 14.5 Å². The molecule has 0 bridgehead atoms. The van der Waals surface area contributed by atoms with E-state index in [0.717, 1.165) is 87.9 Å². The van der Waals surface area contributed by atoms with Crippen molar-refractivity contribution in [1.82, 2.24) is 14.1 Å². The van der Waals surface area contributed by atoms with Gasteiger partial charge in [-0.15, -0.1) is 11.3 Å². The molecule has 1 N–H and O–H groups in total. The number of nitrogens with one attached hydrogen (secondary N) is 1. The predicted octanol–water partition coefficient (Wildman–Crippen LogP) is 5.98. The maximum absolute atomic E-state index is 13.8. The summed E-state index contributed by atoms with van der Waals surface area (Å²) in [5.74, 6) is -0.359. The molecule has 0 atom stereocenters. The SMILES string of the molecule is CCCN1CCc2c(sc(NC(=O)c3ccc(S(=O)(=O)N(C)C4CCCCC4)cc3)c2C(=O)N(CCC)CCC)C1. The lowest BCUT2D eigenvalue weighted by atomic mass is 9.96. The number of benzene rings is 1. The normalized spacial score (nSPS) is 16.5. The van der Waals surface area contributed by atoms with E-state index in [2.05, 4.69) is 31.0 Å². The number of hydrogen-bond donors (Lipinski definition) is 1. The minimum Gasteiger partial charge on any atom is -0.339 e. The summed E-state index contributed by atoms with van der Waals surface area (Å²) in [6.45, 7) is 10.4. The van der Waals surface area contributed by atoms with E-state index in [1.54, 1.807) is 19.2 Å². The van der Waals surface area contributed by atoms with Crippen molar-refractivity contribution in [3.8, 4) is 0 Å². The standard InChI is InChI=1S/C31H46N4O4S2/c1-5-18-34-21-17-26-27(22-34)40-30(28(26)31(37)35(19-6-2)20-7-3)32-29(36)23-13-15-25(16-14-23)41(38,39)33(4)24-11-9-8-10-12-24/h13-16,24H,5-12,17-22H2,1-4H3,(H,32,36). The Labute approximate surface area is 250 Å². The summed E-state index contributed by atoms with van der Waals surface area (Å²) in [4.78, 5) is 32.9. The monoisotopic (exact) mass is 602 g/mol. The van der Waals surface area contributed by atoms with Crippen LogP contribution < -0.4 is 5.32 Å². The first-order valence-corrected chi connectivity index (χ1v) is 17.5. The number of carbonyl (C=O) groups excluding carboxylic acids is 2. The Hall–Kier alpha value is -2.27. The Bertz CT molecular complexity index is 1290. The molecule has 1 aliphatic heterocycles. The summed E-state index contributed by atoms with van der Waals surface area (Å²) in [6, 6.07) is 6.18. The zero-order chi connectivity index (χ0) is 29.6. The topological polar surface area (TPSA) is 90.0 Å². The number of amides is 2. The van der Waals surface area contributed by atoms with Gasteiger partial charge in [0.1, 0.15) is 5.00 Å². The highest BCUT2D eigenvalue weighted by Gasteiger charge is 2.32. The number of carbonyl (C=O) groups is 2. The first-order chi connectivity index (χ1) is 19.7. The molecule has 1 aromatic carbocycles. The smallest absolute Gasteiger partial charge is 0.257 e. The van der Waals surface area contributed by atoms with Gasteiger partial charge in [0.25, 0.3) is 11.8 Å². The maximum atomic E-state index is 13.8. The quantitative estimate of drug-likeness (QED) is 0.323. The van der Waals surface area contributed by atoms with Gasteiger partial charge in [0, 0.05) is 49.7 Å². The zero-order valence-electron chi connectivity index (χ0n) is 25.1. The molecule has 2 amide bonds. The molecule has 0 spiro atoms. The molecular formula is C31H46N4O4S2. The Balaban J connectivity index is 1.58. The van der Waals surface area contributed by atoms with Crippen molar-refractivity contribution in [2.45, 2.75) is 96.0 Å². The number of hydrogen-bond acceptors (Lipinski definition) is 6. The van der Waals surface area contributed by atoms with Crippen molar-refractivity contribution >= 4 is 38.2 Å². The van der Waals surface area contributed by atoms with E-state index in [4.69, 9.17) is 0 Å². The zero-order valence-corrected chi connectivity index (χ0v) is 26.7. The minimum atomic E-state index is -3.64. The van der Waals surface area contributed by atoms with Crippen LogP contribution in [-0.2, 0) is 23.0 Å². The maximum Gasteiger partial charge on any atom is 0.257 e. The second-order valence-electron chi connectivity index (χ2n) is 11.3. The van der Waals surface area contributed by atoms with Gasteiger partial charge in [-0.25, -0.2) is 8.42 Å². The lowest BCUT2D eigenvalue weighted by Gasteiger charge is -2.30. The van der Waals surface area contributed by atoms with E-state index < -0.39 is 10.0 Å². The van der Waals surface area contributed by atoms with Crippen molar-refractivity contribution in [2.75, 3.05) is 38.5 Å². The van der Waals surface area contributed by atoms with E-state index in [1.807, 2.05) is 4.90 Å². The number of rotatable bonds is 12. The van der Waals surface area contributed by atoms with Crippen molar-refractivity contribution in [1.29, 1.82) is 0 Å². The molecule has 2 heterocycles. The van der Waals surface area contributed by atoms with E-state index in [9.17, 15) is 18.0 Å². The third kappa shape index (κ3) is 7.21. The summed E-state index contributed by atoms with van der Waals surface area (Å²) in [5, 5.41) is 3.63. The molecule has 1 fully saturated rings. The molecule has 8 nitrogen and oxygen atoms in total. The molecule has 41 heavy (non-hydrogen) atoms. The first kappa shape index (κ1) is 31.7. The fraction of sp³-hybridized carbons (Fsp3) is 0.613.